The van der Waals surface area contributed by atoms with Crippen LogP contribution in [0.25, 0.3) is 0 Å². The Morgan fingerprint density at radius 2 is 1.76 bits per heavy atom. The summed E-state index contributed by atoms with van der Waals surface area (Å²) < 4.78 is 0. The van der Waals surface area contributed by atoms with E-state index in [0.29, 0.717) is 25.2 Å². The lowest BCUT2D eigenvalue weighted by molar-refractivity contribution is -0.213. The first-order valence-electron chi connectivity index (χ1n) is 6.10. The molecular formula is C12H16O5. The van der Waals surface area contributed by atoms with Crippen LogP contribution in [-0.4, -0.2) is 32.9 Å². The molecule has 0 saturated heterocycles. The minimum absolute atomic E-state index is 0.0365. The molecule has 0 radical (unpaired) electrons. The molecule has 0 aromatic carbocycles. The summed E-state index contributed by atoms with van der Waals surface area (Å²) >= 11 is 0. The van der Waals surface area contributed by atoms with Crippen molar-refractivity contribution in [2.75, 3.05) is 0 Å². The Labute approximate surface area is 98.4 Å². The molecule has 17 heavy (non-hydrogen) atoms. The molecule has 0 aliphatic heterocycles. The summed E-state index contributed by atoms with van der Waals surface area (Å²) in [4.78, 5) is 22.6. The Morgan fingerprint density at radius 1 is 1.06 bits per heavy atom. The predicted octanol–water partition coefficient (Wildman–Crippen LogP) is 0.569. The van der Waals surface area contributed by atoms with Crippen molar-refractivity contribution < 1.29 is 24.9 Å². The zero-order valence-corrected chi connectivity index (χ0v) is 9.37. The smallest absolute Gasteiger partial charge is 0.309 e. The molecule has 3 N–H and O–H groups in total. The van der Waals surface area contributed by atoms with Crippen molar-refractivity contribution in [1.82, 2.24) is 0 Å². The lowest BCUT2D eigenvalue weighted by atomic mass is 9.46. The number of carboxylic acids is 2. The van der Waals surface area contributed by atoms with E-state index in [2.05, 4.69) is 0 Å². The normalized spacial score (nSPS) is 51.5. The number of carbonyl (C=O) groups is 2. The molecule has 6 atom stereocenters. The van der Waals surface area contributed by atoms with Crippen LogP contribution in [0.5, 0.6) is 0 Å². The van der Waals surface area contributed by atoms with E-state index in [1.807, 2.05) is 0 Å². The van der Waals surface area contributed by atoms with E-state index in [4.69, 9.17) is 0 Å². The molecule has 0 aromatic heterocycles. The third-order valence-electron chi connectivity index (χ3n) is 5.03. The predicted molar refractivity (Wildman–Crippen MR) is 56.1 cm³/mol. The van der Waals surface area contributed by atoms with Gasteiger partial charge in [0.15, 0.2) is 0 Å². The molecule has 6 unspecified atom stereocenters. The third kappa shape index (κ3) is 1.35. The van der Waals surface area contributed by atoms with Crippen LogP contribution in [0.1, 0.15) is 25.7 Å². The van der Waals surface area contributed by atoms with E-state index < -0.39 is 29.4 Å². The summed E-state index contributed by atoms with van der Waals surface area (Å²) in [6.45, 7) is 0. The van der Waals surface area contributed by atoms with Crippen molar-refractivity contribution in [1.29, 1.82) is 0 Å². The third-order valence-corrected chi connectivity index (χ3v) is 5.03. The van der Waals surface area contributed by atoms with E-state index in [1.165, 1.54) is 0 Å². The second-order valence-electron chi connectivity index (χ2n) is 5.95. The Morgan fingerprint density at radius 3 is 2.35 bits per heavy atom. The molecule has 94 valence electrons. The molecule has 4 rings (SSSR count). The largest absolute Gasteiger partial charge is 0.481 e. The Bertz CT molecular complexity index is 392. The summed E-state index contributed by atoms with van der Waals surface area (Å²) in [5.74, 6) is -3.51. The van der Waals surface area contributed by atoms with E-state index >= 15 is 0 Å². The van der Waals surface area contributed by atoms with Gasteiger partial charge in [-0.1, -0.05) is 0 Å². The van der Waals surface area contributed by atoms with Crippen LogP contribution < -0.4 is 0 Å². The van der Waals surface area contributed by atoms with E-state index in [9.17, 15) is 24.9 Å². The number of carboxylic acid groups (broad SMARTS) is 2. The summed E-state index contributed by atoms with van der Waals surface area (Å²) in [5, 5.41) is 29.0. The molecule has 4 saturated carbocycles. The Hall–Kier alpha value is -1.10. The van der Waals surface area contributed by atoms with Crippen LogP contribution in [0.4, 0.5) is 0 Å². The fourth-order valence-corrected chi connectivity index (χ4v) is 4.76. The molecule has 4 fully saturated rings. The van der Waals surface area contributed by atoms with Gasteiger partial charge in [0.05, 0.1) is 17.4 Å². The van der Waals surface area contributed by atoms with E-state index in [0.717, 1.165) is 6.42 Å². The fraction of sp³-hybridized carbons (Fsp3) is 0.833. The van der Waals surface area contributed by atoms with Crippen molar-refractivity contribution in [3.05, 3.63) is 0 Å². The number of aliphatic carboxylic acids is 2. The Kier molecular flexibility index (Phi) is 2.09. The topological polar surface area (TPSA) is 94.8 Å². The second kappa shape index (κ2) is 3.22. The summed E-state index contributed by atoms with van der Waals surface area (Å²) in [5.41, 5.74) is -1.16. The summed E-state index contributed by atoms with van der Waals surface area (Å²) in [7, 11) is 0. The molecule has 0 aromatic rings. The molecule has 4 bridgehead atoms. The average molecular weight is 240 g/mol. The molecule has 0 heterocycles. The molecule has 5 nitrogen and oxygen atoms in total. The molecular weight excluding hydrogens is 224 g/mol. The first-order valence-corrected chi connectivity index (χ1v) is 6.10. The van der Waals surface area contributed by atoms with Gasteiger partial charge in [-0.2, -0.15) is 0 Å². The van der Waals surface area contributed by atoms with Crippen molar-refractivity contribution in [2.45, 2.75) is 31.3 Å². The fourth-order valence-electron chi connectivity index (χ4n) is 4.76. The highest BCUT2D eigenvalue weighted by Gasteiger charge is 2.64. The molecule has 4 aliphatic carbocycles. The lowest BCUT2D eigenvalue weighted by Gasteiger charge is -2.59. The van der Waals surface area contributed by atoms with Crippen LogP contribution in [0.2, 0.25) is 0 Å². The van der Waals surface area contributed by atoms with Gasteiger partial charge >= 0.3 is 11.9 Å². The van der Waals surface area contributed by atoms with E-state index in [-0.39, 0.29) is 11.8 Å². The lowest BCUT2D eigenvalue weighted by Crippen LogP contribution is -2.64. The summed E-state index contributed by atoms with van der Waals surface area (Å²) in [6.07, 6.45) is 2.35. The van der Waals surface area contributed by atoms with Crippen molar-refractivity contribution in [3.63, 3.8) is 0 Å². The maximum atomic E-state index is 11.3. The van der Waals surface area contributed by atoms with Gasteiger partial charge in [-0.3, -0.25) is 9.59 Å². The SMILES string of the molecule is O=C(O)C1C2CC3CC1C(C(=O)O)C(O)(C3)C2. The molecule has 0 spiro atoms. The minimum Gasteiger partial charge on any atom is -0.481 e. The highest BCUT2D eigenvalue weighted by molar-refractivity contribution is 5.77. The number of hydrogen-bond donors (Lipinski definition) is 3. The van der Waals surface area contributed by atoms with Gasteiger partial charge in [-0.25, -0.2) is 0 Å². The monoisotopic (exact) mass is 240 g/mol. The van der Waals surface area contributed by atoms with E-state index in [1.54, 1.807) is 0 Å². The molecule has 5 heteroatoms. The van der Waals surface area contributed by atoms with Crippen LogP contribution in [0, 0.1) is 29.6 Å². The first-order chi connectivity index (χ1) is 7.92. The standard InChI is InChI=1S/C12H16O5/c13-10(14)8-6-1-5-2-7(8)9(11(15)16)12(17,3-5)4-6/h5-9,17H,1-4H2,(H,13,14)(H,15,16). The molecule has 4 aliphatic rings. The molecule has 0 amide bonds. The number of hydrogen-bond acceptors (Lipinski definition) is 3. The van der Waals surface area contributed by atoms with Crippen LogP contribution in [0.15, 0.2) is 0 Å². The second-order valence-corrected chi connectivity index (χ2v) is 5.95. The van der Waals surface area contributed by atoms with Crippen molar-refractivity contribution in [2.24, 2.45) is 29.6 Å². The summed E-state index contributed by atoms with van der Waals surface area (Å²) in [6, 6.07) is 0. The quantitative estimate of drug-likeness (QED) is 0.656. The highest BCUT2D eigenvalue weighted by Crippen LogP contribution is 2.60. The highest BCUT2D eigenvalue weighted by atomic mass is 16.4. The van der Waals surface area contributed by atoms with Gasteiger partial charge in [0.1, 0.15) is 0 Å². The van der Waals surface area contributed by atoms with Crippen molar-refractivity contribution >= 4 is 11.9 Å². The van der Waals surface area contributed by atoms with Gasteiger partial charge in [-0.15, -0.1) is 0 Å². The van der Waals surface area contributed by atoms with Gasteiger partial charge in [0, 0.05) is 0 Å². The van der Waals surface area contributed by atoms with Crippen molar-refractivity contribution in [3.8, 4) is 0 Å². The van der Waals surface area contributed by atoms with Crippen LogP contribution in [-0.2, 0) is 9.59 Å². The number of rotatable bonds is 2. The minimum atomic E-state index is -1.16. The maximum Gasteiger partial charge on any atom is 0.309 e. The Balaban J connectivity index is 2.02. The first kappa shape index (κ1) is 11.0. The van der Waals surface area contributed by atoms with Crippen LogP contribution >= 0.6 is 0 Å². The number of aliphatic hydroxyl groups is 1. The average Bonchev–Trinajstić information content (AvgIpc) is 2.12. The van der Waals surface area contributed by atoms with Gasteiger partial charge in [0.2, 0.25) is 0 Å². The van der Waals surface area contributed by atoms with Gasteiger partial charge in [-0.05, 0) is 43.4 Å². The van der Waals surface area contributed by atoms with Crippen LogP contribution in [0.3, 0.4) is 0 Å². The maximum absolute atomic E-state index is 11.3. The zero-order valence-electron chi connectivity index (χ0n) is 9.37. The zero-order chi connectivity index (χ0) is 12.4. The van der Waals surface area contributed by atoms with Gasteiger partial charge in [0.25, 0.3) is 0 Å². The van der Waals surface area contributed by atoms with Gasteiger partial charge < -0.3 is 15.3 Å².